The number of hydrogen-bond acceptors (Lipinski definition) is 3. The molecule has 1 fully saturated rings. The second-order valence-corrected chi connectivity index (χ2v) is 8.15. The Labute approximate surface area is 160 Å². The second kappa shape index (κ2) is 7.70. The van der Waals surface area contributed by atoms with Gasteiger partial charge < -0.3 is 15.1 Å². The highest BCUT2D eigenvalue weighted by molar-refractivity contribution is 6.30. The van der Waals surface area contributed by atoms with Crippen LogP contribution < -0.4 is 10.6 Å². The number of nitrogens with zero attached hydrogens (tertiary/aromatic N) is 2. The highest BCUT2D eigenvalue weighted by Crippen LogP contribution is 2.41. The summed E-state index contributed by atoms with van der Waals surface area (Å²) in [6.45, 7) is 9.60. The molecule has 0 saturated heterocycles. The zero-order valence-corrected chi connectivity index (χ0v) is 16.6. The lowest BCUT2D eigenvalue weighted by Crippen LogP contribution is -2.39. The maximum atomic E-state index is 6.10. The van der Waals surface area contributed by atoms with E-state index in [4.69, 9.17) is 16.0 Å². The molecular formula is C20H27ClN4O. The number of halogens is 1. The third-order valence-corrected chi connectivity index (χ3v) is 4.63. The van der Waals surface area contributed by atoms with Gasteiger partial charge in [0.05, 0.1) is 6.20 Å². The molecule has 2 atom stereocenters. The van der Waals surface area contributed by atoms with E-state index in [2.05, 4.69) is 54.4 Å². The zero-order valence-electron chi connectivity index (χ0n) is 15.8. The normalized spacial score (nSPS) is 20.1. The fraction of sp³-hybridized carbons (Fsp3) is 0.500. The van der Waals surface area contributed by atoms with Gasteiger partial charge in [0.2, 0.25) is 5.89 Å². The maximum absolute atomic E-state index is 6.10. The molecule has 1 heterocycles. The van der Waals surface area contributed by atoms with Gasteiger partial charge in [-0.05, 0) is 31.0 Å². The van der Waals surface area contributed by atoms with Crippen LogP contribution >= 0.6 is 11.6 Å². The van der Waals surface area contributed by atoms with Crippen LogP contribution in [0.2, 0.25) is 5.02 Å². The van der Waals surface area contributed by atoms with Crippen molar-refractivity contribution in [2.75, 3.05) is 6.54 Å². The number of hydrogen-bond donors (Lipinski definition) is 2. The molecule has 2 aromatic rings. The summed E-state index contributed by atoms with van der Waals surface area (Å²) in [5.41, 5.74) is 1.23. The summed E-state index contributed by atoms with van der Waals surface area (Å²) >= 11 is 6.10. The van der Waals surface area contributed by atoms with Crippen molar-refractivity contribution in [2.24, 2.45) is 4.99 Å². The first-order valence-corrected chi connectivity index (χ1v) is 9.50. The van der Waals surface area contributed by atoms with Crippen LogP contribution in [0.4, 0.5) is 0 Å². The Kier molecular flexibility index (Phi) is 5.56. The van der Waals surface area contributed by atoms with Gasteiger partial charge in [-0.2, -0.15) is 0 Å². The van der Waals surface area contributed by atoms with Crippen molar-refractivity contribution in [1.82, 2.24) is 15.6 Å². The fourth-order valence-corrected chi connectivity index (χ4v) is 3.03. The highest BCUT2D eigenvalue weighted by Gasteiger charge is 2.39. The lowest BCUT2D eigenvalue weighted by molar-refractivity contribution is 0.383. The first-order valence-electron chi connectivity index (χ1n) is 9.12. The van der Waals surface area contributed by atoms with Crippen LogP contribution in [0.5, 0.6) is 0 Å². The molecule has 0 bridgehead atoms. The van der Waals surface area contributed by atoms with Crippen LogP contribution in [0, 0.1) is 0 Å². The number of guanidine groups is 1. The summed E-state index contributed by atoms with van der Waals surface area (Å²) in [5, 5.41) is 7.57. The third-order valence-electron chi connectivity index (χ3n) is 4.40. The van der Waals surface area contributed by atoms with E-state index in [1.807, 2.05) is 18.2 Å². The lowest BCUT2D eigenvalue weighted by atomic mass is 9.94. The molecule has 1 aromatic carbocycles. The van der Waals surface area contributed by atoms with Gasteiger partial charge in [-0.3, -0.25) is 0 Å². The summed E-state index contributed by atoms with van der Waals surface area (Å²) in [7, 11) is 0. The molecule has 1 aromatic heterocycles. The molecule has 0 radical (unpaired) electrons. The molecule has 3 rings (SSSR count). The first-order chi connectivity index (χ1) is 12.4. The van der Waals surface area contributed by atoms with E-state index >= 15 is 0 Å². The minimum absolute atomic E-state index is 0.0457. The Hall–Kier alpha value is -2.01. The molecule has 0 aliphatic heterocycles. The van der Waals surface area contributed by atoms with Gasteiger partial charge in [0.25, 0.3) is 0 Å². The van der Waals surface area contributed by atoms with Crippen molar-refractivity contribution in [3.8, 4) is 0 Å². The minimum atomic E-state index is -0.0457. The van der Waals surface area contributed by atoms with Crippen LogP contribution in [0.3, 0.4) is 0 Å². The molecule has 6 heteroatoms. The van der Waals surface area contributed by atoms with Gasteiger partial charge in [-0.15, -0.1) is 0 Å². The average molecular weight is 375 g/mol. The summed E-state index contributed by atoms with van der Waals surface area (Å²) < 4.78 is 5.81. The van der Waals surface area contributed by atoms with Crippen molar-refractivity contribution >= 4 is 17.6 Å². The number of oxazole rings is 1. The van der Waals surface area contributed by atoms with Crippen LogP contribution in [0.1, 0.15) is 57.2 Å². The minimum Gasteiger partial charge on any atom is -0.443 e. The third kappa shape index (κ3) is 4.79. The van der Waals surface area contributed by atoms with E-state index < -0.39 is 0 Å². The smallest absolute Gasteiger partial charge is 0.216 e. The molecular weight excluding hydrogens is 348 g/mol. The molecule has 0 amide bonds. The van der Waals surface area contributed by atoms with Crippen molar-refractivity contribution in [3.63, 3.8) is 0 Å². The Morgan fingerprint density at radius 2 is 2.19 bits per heavy atom. The van der Waals surface area contributed by atoms with E-state index in [0.717, 1.165) is 29.7 Å². The van der Waals surface area contributed by atoms with Gasteiger partial charge >= 0.3 is 0 Å². The van der Waals surface area contributed by atoms with Gasteiger partial charge in [-0.25, -0.2) is 9.98 Å². The molecule has 0 spiro atoms. The van der Waals surface area contributed by atoms with E-state index in [-0.39, 0.29) is 5.41 Å². The number of nitrogens with one attached hydrogen (secondary N) is 2. The Balaban J connectivity index is 1.61. The molecule has 2 unspecified atom stereocenters. The number of rotatable bonds is 5. The predicted molar refractivity (Wildman–Crippen MR) is 106 cm³/mol. The van der Waals surface area contributed by atoms with Crippen LogP contribution in [-0.2, 0) is 12.0 Å². The Bertz CT molecular complexity index is 778. The van der Waals surface area contributed by atoms with Gasteiger partial charge in [-0.1, -0.05) is 44.5 Å². The molecule has 1 saturated carbocycles. The molecule has 1 aliphatic carbocycles. The zero-order chi connectivity index (χ0) is 18.7. The quantitative estimate of drug-likeness (QED) is 0.607. The number of aliphatic imine (C=N–C) groups is 1. The van der Waals surface area contributed by atoms with Crippen molar-refractivity contribution in [3.05, 3.63) is 52.7 Å². The average Bonchev–Trinajstić information content (AvgIpc) is 3.16. The first kappa shape index (κ1) is 18.8. The number of aromatic nitrogens is 1. The van der Waals surface area contributed by atoms with E-state index in [0.29, 0.717) is 24.4 Å². The van der Waals surface area contributed by atoms with Gasteiger partial charge in [0, 0.05) is 28.9 Å². The summed E-state index contributed by atoms with van der Waals surface area (Å²) in [5.74, 6) is 2.78. The van der Waals surface area contributed by atoms with E-state index in [1.165, 1.54) is 5.56 Å². The maximum Gasteiger partial charge on any atom is 0.216 e. The SMILES string of the molecule is CCNC(=NCc1ncc(C(C)(C)C)o1)NC1CC1c1cccc(Cl)c1. The number of benzene rings is 1. The van der Waals surface area contributed by atoms with E-state index in [9.17, 15) is 0 Å². The van der Waals surface area contributed by atoms with Crippen LogP contribution in [-0.4, -0.2) is 23.5 Å². The molecule has 140 valence electrons. The monoisotopic (exact) mass is 374 g/mol. The fourth-order valence-electron chi connectivity index (χ4n) is 2.83. The summed E-state index contributed by atoms with van der Waals surface area (Å²) in [4.78, 5) is 8.95. The largest absolute Gasteiger partial charge is 0.443 e. The van der Waals surface area contributed by atoms with Crippen molar-refractivity contribution in [1.29, 1.82) is 0 Å². The van der Waals surface area contributed by atoms with Crippen molar-refractivity contribution < 1.29 is 4.42 Å². The lowest BCUT2D eigenvalue weighted by Gasteiger charge is -2.13. The standard InChI is InChI=1S/C20H27ClN4O/c1-5-22-19(24-12-18-23-11-17(26-18)20(2,3)4)25-16-10-15(16)13-7-6-8-14(21)9-13/h6-9,11,15-16H,5,10,12H2,1-4H3,(H2,22,24,25). The van der Waals surface area contributed by atoms with E-state index in [1.54, 1.807) is 6.20 Å². The predicted octanol–water partition coefficient (Wildman–Crippen LogP) is 4.24. The highest BCUT2D eigenvalue weighted by atomic mass is 35.5. The summed E-state index contributed by atoms with van der Waals surface area (Å²) in [6.07, 6.45) is 2.87. The van der Waals surface area contributed by atoms with Gasteiger partial charge in [0.1, 0.15) is 12.3 Å². The molecule has 5 nitrogen and oxygen atoms in total. The topological polar surface area (TPSA) is 62.5 Å². The van der Waals surface area contributed by atoms with Crippen molar-refractivity contribution in [2.45, 2.75) is 58.0 Å². The van der Waals surface area contributed by atoms with Crippen LogP contribution in [0.15, 0.2) is 39.9 Å². The molecule has 26 heavy (non-hydrogen) atoms. The Morgan fingerprint density at radius 3 is 2.85 bits per heavy atom. The second-order valence-electron chi connectivity index (χ2n) is 7.71. The Morgan fingerprint density at radius 1 is 1.38 bits per heavy atom. The van der Waals surface area contributed by atoms with Crippen LogP contribution in [0.25, 0.3) is 0 Å². The van der Waals surface area contributed by atoms with Gasteiger partial charge in [0.15, 0.2) is 5.96 Å². The molecule has 1 aliphatic rings. The molecule has 2 N–H and O–H groups in total. The summed E-state index contributed by atoms with van der Waals surface area (Å²) in [6, 6.07) is 8.45.